The third-order valence-corrected chi connectivity index (χ3v) is 1.75. The van der Waals surface area contributed by atoms with Crippen molar-refractivity contribution in [1.29, 1.82) is 0 Å². The molecule has 1 atom stereocenters. The molecule has 0 radical (unpaired) electrons. The van der Waals surface area contributed by atoms with Crippen LogP contribution in [0.5, 0.6) is 0 Å². The van der Waals surface area contributed by atoms with E-state index in [0.29, 0.717) is 5.57 Å². The van der Waals surface area contributed by atoms with Crippen molar-refractivity contribution in [2.24, 2.45) is 0 Å². The Kier molecular flexibility index (Phi) is 1.50. The highest BCUT2D eigenvalue weighted by Crippen LogP contribution is 2.34. The quantitative estimate of drug-likeness (QED) is 0.532. The van der Waals surface area contributed by atoms with Crippen LogP contribution in [-0.4, -0.2) is 23.6 Å². The number of aliphatic hydroxyl groups is 1. The molecule has 0 aromatic carbocycles. The minimum Gasteiger partial charge on any atom is -0.496 e. The number of methoxy groups -OCH3 is 1. The molecule has 0 aliphatic heterocycles. The average molecular weight is 152 g/mol. The van der Waals surface area contributed by atoms with Gasteiger partial charge in [0, 0.05) is 5.57 Å². The highest BCUT2D eigenvalue weighted by molar-refractivity contribution is 6.13. The molecular formula is C8H8O3. The smallest absolute Gasteiger partial charge is 0.247 e. The number of hydrogen-bond donors (Lipinski definition) is 1. The largest absolute Gasteiger partial charge is 0.496 e. The number of terminal acetylenes is 1. The number of rotatable bonds is 1. The van der Waals surface area contributed by atoms with E-state index >= 15 is 0 Å². The molecule has 58 valence electrons. The molecule has 0 heterocycles. The summed E-state index contributed by atoms with van der Waals surface area (Å²) in [6, 6.07) is 0. The van der Waals surface area contributed by atoms with Gasteiger partial charge in [-0.25, -0.2) is 0 Å². The second kappa shape index (κ2) is 2.11. The van der Waals surface area contributed by atoms with E-state index in [0.717, 1.165) is 0 Å². The van der Waals surface area contributed by atoms with Gasteiger partial charge in [-0.15, -0.1) is 6.42 Å². The zero-order valence-electron chi connectivity index (χ0n) is 6.34. The molecule has 0 aromatic rings. The number of Topliss-reactive ketones (excluding diaryl/α,β-unsaturated/α-hetero) is 1. The minimum absolute atomic E-state index is 0.185. The van der Waals surface area contributed by atoms with Crippen LogP contribution >= 0.6 is 0 Å². The molecule has 3 heteroatoms. The van der Waals surface area contributed by atoms with Crippen LogP contribution in [0, 0.1) is 12.3 Å². The van der Waals surface area contributed by atoms with Gasteiger partial charge in [0.15, 0.2) is 5.76 Å². The van der Waals surface area contributed by atoms with Gasteiger partial charge in [-0.05, 0) is 6.92 Å². The Bertz CT molecular complexity index is 282. The first-order chi connectivity index (χ1) is 5.07. The van der Waals surface area contributed by atoms with Crippen LogP contribution in [0.2, 0.25) is 0 Å². The Hall–Kier alpha value is -1.27. The van der Waals surface area contributed by atoms with Crippen LogP contribution in [0.4, 0.5) is 0 Å². The predicted octanol–water partition coefficient (Wildman–Crippen LogP) is -0.146. The van der Waals surface area contributed by atoms with Gasteiger partial charge in [0.1, 0.15) is 0 Å². The lowest BCUT2D eigenvalue weighted by atomic mass is 9.79. The molecule has 0 aromatic heterocycles. The zero-order valence-corrected chi connectivity index (χ0v) is 6.34. The average Bonchev–Trinajstić information content (AvgIpc) is 2.04. The standard InChI is InChI=1S/C8H8O3/c1-4-8(10)6(9)5(2)7(8)11-3/h1,10H,2-3H3. The van der Waals surface area contributed by atoms with E-state index in [2.05, 4.69) is 0 Å². The summed E-state index contributed by atoms with van der Waals surface area (Å²) in [6.45, 7) is 1.56. The van der Waals surface area contributed by atoms with Crippen LogP contribution in [0.15, 0.2) is 11.3 Å². The summed E-state index contributed by atoms with van der Waals surface area (Å²) >= 11 is 0. The lowest BCUT2D eigenvalue weighted by Gasteiger charge is -2.32. The number of hydrogen-bond acceptors (Lipinski definition) is 3. The van der Waals surface area contributed by atoms with Crippen LogP contribution in [0.3, 0.4) is 0 Å². The molecule has 1 unspecified atom stereocenters. The molecule has 0 fully saturated rings. The van der Waals surface area contributed by atoms with Gasteiger partial charge in [0.05, 0.1) is 7.11 Å². The Labute approximate surface area is 64.7 Å². The summed E-state index contributed by atoms with van der Waals surface area (Å²) in [6.07, 6.45) is 4.95. The van der Waals surface area contributed by atoms with Crippen LogP contribution < -0.4 is 0 Å². The van der Waals surface area contributed by atoms with E-state index in [1.165, 1.54) is 7.11 Å². The number of ketones is 1. The van der Waals surface area contributed by atoms with Gasteiger partial charge in [0.25, 0.3) is 0 Å². The summed E-state index contributed by atoms with van der Waals surface area (Å²) in [5.74, 6) is 1.72. The van der Waals surface area contributed by atoms with Crippen molar-refractivity contribution in [3.05, 3.63) is 11.3 Å². The molecule has 0 spiro atoms. The van der Waals surface area contributed by atoms with Crippen molar-refractivity contribution in [3.63, 3.8) is 0 Å². The lowest BCUT2D eigenvalue weighted by molar-refractivity contribution is -0.133. The van der Waals surface area contributed by atoms with E-state index in [1.54, 1.807) is 6.92 Å². The highest BCUT2D eigenvalue weighted by Gasteiger charge is 2.51. The van der Waals surface area contributed by atoms with E-state index < -0.39 is 11.4 Å². The summed E-state index contributed by atoms with van der Waals surface area (Å²) in [4.78, 5) is 11.0. The third-order valence-electron chi connectivity index (χ3n) is 1.75. The molecule has 0 amide bonds. The van der Waals surface area contributed by atoms with Gasteiger partial charge in [-0.3, -0.25) is 4.79 Å². The second-order valence-corrected chi connectivity index (χ2v) is 2.34. The summed E-state index contributed by atoms with van der Waals surface area (Å²) < 4.78 is 4.74. The topological polar surface area (TPSA) is 46.5 Å². The molecule has 0 saturated heterocycles. The Morgan fingerprint density at radius 2 is 2.27 bits per heavy atom. The van der Waals surface area contributed by atoms with Crippen molar-refractivity contribution in [3.8, 4) is 12.3 Å². The summed E-state index contributed by atoms with van der Waals surface area (Å²) in [5.41, 5.74) is -1.40. The van der Waals surface area contributed by atoms with E-state index in [9.17, 15) is 9.90 Å². The molecule has 3 nitrogen and oxygen atoms in total. The van der Waals surface area contributed by atoms with Crippen molar-refractivity contribution in [2.75, 3.05) is 7.11 Å². The normalized spacial score (nSPS) is 29.5. The van der Waals surface area contributed by atoms with Crippen molar-refractivity contribution < 1.29 is 14.6 Å². The summed E-state index contributed by atoms with van der Waals surface area (Å²) in [7, 11) is 1.37. The van der Waals surface area contributed by atoms with Gasteiger partial charge in [-0.1, -0.05) is 5.92 Å². The lowest BCUT2D eigenvalue weighted by Crippen LogP contribution is -2.49. The molecule has 0 bridgehead atoms. The van der Waals surface area contributed by atoms with Crippen molar-refractivity contribution in [2.45, 2.75) is 12.5 Å². The summed E-state index contributed by atoms with van der Waals surface area (Å²) in [5, 5.41) is 9.35. The number of ether oxygens (including phenoxy) is 1. The monoisotopic (exact) mass is 152 g/mol. The second-order valence-electron chi connectivity index (χ2n) is 2.34. The molecular weight excluding hydrogens is 144 g/mol. The minimum atomic E-state index is -1.79. The first kappa shape index (κ1) is 7.83. The Morgan fingerprint density at radius 1 is 1.73 bits per heavy atom. The zero-order chi connectivity index (χ0) is 8.65. The van der Waals surface area contributed by atoms with E-state index in [4.69, 9.17) is 11.2 Å². The molecule has 0 saturated carbocycles. The first-order valence-corrected chi connectivity index (χ1v) is 3.08. The van der Waals surface area contributed by atoms with Crippen LogP contribution in [0.1, 0.15) is 6.92 Å². The van der Waals surface area contributed by atoms with Crippen molar-refractivity contribution >= 4 is 5.78 Å². The van der Waals surface area contributed by atoms with Crippen LogP contribution in [-0.2, 0) is 9.53 Å². The van der Waals surface area contributed by atoms with E-state index in [1.807, 2.05) is 5.92 Å². The fraction of sp³-hybridized carbons (Fsp3) is 0.375. The molecule has 1 rings (SSSR count). The fourth-order valence-corrected chi connectivity index (χ4v) is 1.12. The molecule has 11 heavy (non-hydrogen) atoms. The third kappa shape index (κ3) is 0.702. The SMILES string of the molecule is C#CC1(O)C(=O)C(C)=C1OC. The van der Waals surface area contributed by atoms with Gasteiger partial charge in [-0.2, -0.15) is 0 Å². The van der Waals surface area contributed by atoms with Gasteiger partial charge in [0.2, 0.25) is 11.4 Å². The number of carbonyl (C=O) groups is 1. The van der Waals surface area contributed by atoms with Crippen molar-refractivity contribution in [1.82, 2.24) is 0 Å². The van der Waals surface area contributed by atoms with Gasteiger partial charge >= 0.3 is 0 Å². The van der Waals surface area contributed by atoms with E-state index in [-0.39, 0.29) is 5.76 Å². The molecule has 1 aliphatic carbocycles. The maximum Gasteiger partial charge on any atom is 0.247 e. The Balaban J connectivity index is 3.12. The van der Waals surface area contributed by atoms with Crippen LogP contribution in [0.25, 0.3) is 0 Å². The maximum atomic E-state index is 11.0. The predicted molar refractivity (Wildman–Crippen MR) is 38.5 cm³/mol. The molecule has 1 aliphatic rings. The number of carbonyl (C=O) groups excluding carboxylic acids is 1. The Morgan fingerprint density at radius 3 is 2.55 bits per heavy atom. The maximum absolute atomic E-state index is 11.0. The van der Waals surface area contributed by atoms with Gasteiger partial charge < -0.3 is 9.84 Å². The highest BCUT2D eigenvalue weighted by atomic mass is 16.5. The molecule has 1 N–H and O–H groups in total. The fourth-order valence-electron chi connectivity index (χ4n) is 1.12. The first-order valence-electron chi connectivity index (χ1n) is 3.08.